The topological polar surface area (TPSA) is 117 Å². The van der Waals surface area contributed by atoms with E-state index in [1.807, 2.05) is 0 Å². The molecule has 0 fully saturated rings. The second-order valence-electron chi connectivity index (χ2n) is 1.90. The molecule has 0 radical (unpaired) electrons. The zero-order valence-corrected chi connectivity index (χ0v) is 14.7. The summed E-state index contributed by atoms with van der Waals surface area (Å²) in [5.41, 5.74) is 0.463. The van der Waals surface area contributed by atoms with Crippen LogP contribution in [-0.4, -0.2) is 28.3 Å². The molecular weight excluding hydrogens is 255 g/mol. The van der Waals surface area contributed by atoms with E-state index in [0.717, 1.165) is 0 Å². The molecular formula is C6H6BK2NO5. The van der Waals surface area contributed by atoms with Crippen LogP contribution in [0.3, 0.4) is 0 Å². The number of pyridine rings is 1. The van der Waals surface area contributed by atoms with Crippen molar-refractivity contribution in [3.63, 3.8) is 0 Å². The Morgan fingerprint density at radius 1 is 1.20 bits per heavy atom. The number of carbonyl (C=O) groups excluding carboxylic acids is 1. The normalized spacial score (nSPS) is 7.07. The van der Waals surface area contributed by atoms with Gasteiger partial charge in [-0.2, -0.15) is 0 Å². The van der Waals surface area contributed by atoms with Crippen molar-refractivity contribution in [2.24, 2.45) is 0 Å². The van der Waals surface area contributed by atoms with Crippen molar-refractivity contribution in [3.05, 3.63) is 24.5 Å². The van der Waals surface area contributed by atoms with E-state index >= 15 is 0 Å². The number of hydrogen-bond acceptors (Lipinski definition) is 6. The molecule has 0 spiro atoms. The summed E-state index contributed by atoms with van der Waals surface area (Å²) < 4.78 is 0. The third-order valence-electron chi connectivity index (χ3n) is 1.00. The van der Waals surface area contributed by atoms with Crippen molar-refractivity contribution >= 4 is 18.7 Å². The molecule has 0 aromatic carbocycles. The molecule has 0 unspecified atom stereocenters. The zero-order chi connectivity index (χ0) is 10.3. The Kier molecular flexibility index (Phi) is 20.1. The number of rotatable bonds is 1. The van der Waals surface area contributed by atoms with Crippen molar-refractivity contribution in [2.75, 3.05) is 0 Å². The fourth-order valence-corrected chi connectivity index (χ4v) is 0.536. The maximum atomic E-state index is 8.55. The third-order valence-corrected chi connectivity index (χ3v) is 1.00. The minimum absolute atomic E-state index is 0. The Morgan fingerprint density at radius 3 is 1.73 bits per heavy atom. The van der Waals surface area contributed by atoms with Crippen LogP contribution in [0.1, 0.15) is 0 Å². The Balaban J connectivity index is -0.000000213. The number of carbonyl (C=O) groups is 1. The maximum Gasteiger partial charge on any atom is 1.00 e. The SMILES string of the molecule is O=C([O-])[O-].OB(O)c1ccncc1.[K+].[K+]. The molecule has 1 aromatic rings. The number of hydrogen-bond donors (Lipinski definition) is 2. The Morgan fingerprint density at radius 2 is 1.53 bits per heavy atom. The van der Waals surface area contributed by atoms with Gasteiger partial charge in [0.25, 0.3) is 0 Å². The number of carboxylic acid groups (broad SMARTS) is 2. The summed E-state index contributed by atoms with van der Waals surface area (Å²) in [6.07, 6.45) is 0.684. The van der Waals surface area contributed by atoms with Crippen LogP contribution in [-0.2, 0) is 0 Å². The maximum absolute atomic E-state index is 8.55. The minimum Gasteiger partial charge on any atom is -0.652 e. The van der Waals surface area contributed by atoms with Crippen molar-refractivity contribution in [1.82, 2.24) is 4.98 Å². The first-order valence-electron chi connectivity index (χ1n) is 3.18. The Bertz CT molecular complexity index is 257. The smallest absolute Gasteiger partial charge is 0.652 e. The Labute approximate surface area is 172 Å². The molecule has 2 N–H and O–H groups in total. The molecule has 0 aliphatic heterocycles. The van der Waals surface area contributed by atoms with E-state index in [0.29, 0.717) is 5.46 Å². The number of aromatic nitrogens is 1. The summed E-state index contributed by atoms with van der Waals surface area (Å²) in [5, 5.41) is 33.8. The van der Waals surface area contributed by atoms with Crippen molar-refractivity contribution in [1.29, 1.82) is 0 Å². The summed E-state index contributed by atoms with van der Waals surface area (Å²) >= 11 is 0. The summed E-state index contributed by atoms with van der Waals surface area (Å²) in [5.74, 6) is 0. The second-order valence-corrected chi connectivity index (χ2v) is 1.90. The second kappa shape index (κ2) is 13.7. The van der Waals surface area contributed by atoms with Gasteiger partial charge in [-0.25, -0.2) is 0 Å². The quantitative estimate of drug-likeness (QED) is 0.485. The molecule has 0 aliphatic carbocycles. The minimum atomic E-state index is -2.33. The van der Waals surface area contributed by atoms with Crippen LogP contribution in [0.4, 0.5) is 4.79 Å². The van der Waals surface area contributed by atoms with Crippen molar-refractivity contribution in [3.8, 4) is 0 Å². The largest absolute Gasteiger partial charge is 1.00 e. The van der Waals surface area contributed by atoms with Gasteiger partial charge in [0.15, 0.2) is 0 Å². The van der Waals surface area contributed by atoms with Crippen LogP contribution in [0.2, 0.25) is 0 Å². The first kappa shape index (κ1) is 21.9. The fraction of sp³-hybridized carbons (Fsp3) is 0. The number of nitrogens with zero attached hydrogens (tertiary/aromatic N) is 1. The molecule has 6 nitrogen and oxygen atoms in total. The molecule has 0 saturated heterocycles. The van der Waals surface area contributed by atoms with Crippen molar-refractivity contribution in [2.45, 2.75) is 0 Å². The van der Waals surface area contributed by atoms with E-state index < -0.39 is 13.3 Å². The van der Waals surface area contributed by atoms with Gasteiger partial charge >= 0.3 is 110 Å². The molecule has 1 rings (SSSR count). The predicted molar refractivity (Wildman–Crippen MR) is 39.5 cm³/mol. The van der Waals surface area contributed by atoms with Gasteiger partial charge in [-0.05, 0) is 23.8 Å². The molecule has 9 heteroatoms. The summed E-state index contributed by atoms with van der Waals surface area (Å²) in [7, 11) is -1.38. The van der Waals surface area contributed by atoms with Gasteiger partial charge in [-0.1, -0.05) is 0 Å². The molecule has 1 aromatic heterocycles. The molecule has 15 heavy (non-hydrogen) atoms. The van der Waals surface area contributed by atoms with E-state index in [4.69, 9.17) is 25.1 Å². The van der Waals surface area contributed by atoms with Gasteiger partial charge in [0, 0.05) is 12.4 Å². The standard InChI is InChI=1S/C5H6BNO2.CH2O3.2K/c8-6(9)5-1-3-7-4-2-5;2-1(3)4;;/h1-4,8-9H;(H2,2,3,4);;/q;;2*+1/p-2. The zero-order valence-electron chi connectivity index (χ0n) is 8.45. The van der Waals surface area contributed by atoms with E-state index in [9.17, 15) is 0 Å². The average molecular weight is 261 g/mol. The summed E-state index contributed by atoms with van der Waals surface area (Å²) in [6.45, 7) is 0. The van der Waals surface area contributed by atoms with Gasteiger partial charge in [0.1, 0.15) is 0 Å². The molecule has 1 heterocycles. The molecule has 0 bridgehead atoms. The molecule has 0 atom stereocenters. The van der Waals surface area contributed by atoms with Crippen molar-refractivity contribution < 1.29 is 128 Å². The van der Waals surface area contributed by atoms with Gasteiger partial charge in [0.05, 0.1) is 0 Å². The molecule has 0 aliphatic rings. The summed E-state index contributed by atoms with van der Waals surface area (Å²) in [4.78, 5) is 12.0. The van der Waals surface area contributed by atoms with Crippen LogP contribution >= 0.6 is 0 Å². The average Bonchev–Trinajstić information content (AvgIpc) is 2.05. The van der Waals surface area contributed by atoms with E-state index in [-0.39, 0.29) is 103 Å². The molecule has 0 amide bonds. The van der Waals surface area contributed by atoms with Crippen LogP contribution < -0.4 is 118 Å². The monoisotopic (exact) mass is 261 g/mol. The van der Waals surface area contributed by atoms with E-state index in [2.05, 4.69) is 4.98 Å². The first-order valence-corrected chi connectivity index (χ1v) is 3.18. The fourth-order valence-electron chi connectivity index (χ4n) is 0.536. The van der Waals surface area contributed by atoms with Gasteiger partial charge < -0.3 is 25.1 Å². The third kappa shape index (κ3) is 15.7. The van der Waals surface area contributed by atoms with Gasteiger partial charge in [0.2, 0.25) is 0 Å². The van der Waals surface area contributed by atoms with Crippen LogP contribution in [0.5, 0.6) is 0 Å². The summed E-state index contributed by atoms with van der Waals surface area (Å²) in [6, 6.07) is 3.09. The van der Waals surface area contributed by atoms with Crippen LogP contribution in [0.25, 0.3) is 0 Å². The molecule has 70 valence electrons. The van der Waals surface area contributed by atoms with Gasteiger partial charge in [-0.15, -0.1) is 0 Å². The van der Waals surface area contributed by atoms with Crippen LogP contribution in [0, 0.1) is 0 Å². The Hall–Kier alpha value is 1.68. The van der Waals surface area contributed by atoms with E-state index in [1.54, 1.807) is 12.1 Å². The first-order chi connectivity index (χ1) is 6.04. The predicted octanol–water partition coefficient (Wildman–Crippen LogP) is -9.68. The van der Waals surface area contributed by atoms with Gasteiger partial charge in [-0.3, -0.25) is 4.98 Å². The van der Waals surface area contributed by atoms with E-state index in [1.165, 1.54) is 12.4 Å². The molecule has 0 saturated carbocycles. The van der Waals surface area contributed by atoms with Crippen LogP contribution in [0.15, 0.2) is 24.5 Å².